The third-order valence-corrected chi connectivity index (χ3v) is 1.62. The molecule has 2 heteroatoms. The largest absolute Gasteiger partial charge is 0.191 e. The van der Waals surface area contributed by atoms with Crippen LogP contribution in [0.1, 0.15) is 46.0 Å². The maximum absolute atomic E-state index is 11.4. The fraction of sp³-hybridized carbons (Fsp3) is 1.00. The summed E-state index contributed by atoms with van der Waals surface area (Å²) >= 11 is 0. The lowest BCUT2D eigenvalue weighted by Gasteiger charge is -2.03. The van der Waals surface area contributed by atoms with Crippen LogP contribution >= 0.6 is 0 Å². The van der Waals surface area contributed by atoms with Crippen molar-refractivity contribution in [2.24, 2.45) is 0 Å². The molecule has 0 N–H and O–H groups in total. The van der Waals surface area contributed by atoms with Gasteiger partial charge in [-0.15, -0.1) is 0 Å². The molecule has 0 aromatic carbocycles. The molecule has 0 aliphatic carbocycles. The van der Waals surface area contributed by atoms with Gasteiger partial charge < -0.3 is 0 Å². The Kier molecular flexibility index (Phi) is 6.93. The van der Waals surface area contributed by atoms with Gasteiger partial charge in [-0.05, 0) is 17.9 Å². The number of halogens is 1. The van der Waals surface area contributed by atoms with E-state index in [0.29, 0.717) is 0 Å². The highest BCUT2D eigenvalue weighted by molar-refractivity contribution is 4.48. The van der Waals surface area contributed by atoms with Crippen LogP contribution in [0.5, 0.6) is 0 Å². The first-order chi connectivity index (χ1) is 4.81. The molecule has 0 aromatic heterocycles. The Morgan fingerprint density at radius 2 is 2.00 bits per heavy atom. The molecular weight excluding hydrogens is 131 g/mol. The molecule has 1 nitrogen and oxygen atoms in total. The fourth-order valence-electron chi connectivity index (χ4n) is 0.903. The van der Waals surface area contributed by atoms with E-state index in [1.165, 1.54) is 19.3 Å². The summed E-state index contributed by atoms with van der Waals surface area (Å²) in [5.41, 5.74) is 0. The molecule has 62 valence electrons. The minimum Gasteiger partial charge on any atom is -0.191 e. The molecule has 0 bridgehead atoms. The molecule has 0 radical (unpaired) electrons. The molecule has 1 atom stereocenters. The topological polar surface area (TPSA) is 9.23 Å². The first kappa shape index (κ1) is 9.89. The Morgan fingerprint density at radius 3 is 2.50 bits per heavy atom. The van der Waals surface area contributed by atoms with Crippen LogP contribution in [-0.2, 0) is 4.94 Å². The maximum atomic E-state index is 11.4. The van der Waals surface area contributed by atoms with Crippen LogP contribution < -0.4 is 0 Å². The molecule has 1 unspecified atom stereocenters. The van der Waals surface area contributed by atoms with Gasteiger partial charge >= 0.3 is 0 Å². The van der Waals surface area contributed by atoms with Gasteiger partial charge in [-0.25, -0.2) is 0 Å². The van der Waals surface area contributed by atoms with E-state index in [2.05, 4.69) is 11.9 Å². The van der Waals surface area contributed by atoms with Crippen molar-refractivity contribution in [2.75, 3.05) is 0 Å². The van der Waals surface area contributed by atoms with Crippen LogP contribution in [0.15, 0.2) is 0 Å². The predicted molar refractivity (Wildman–Crippen MR) is 40.4 cm³/mol. The molecule has 0 spiro atoms. The van der Waals surface area contributed by atoms with E-state index in [9.17, 15) is 4.53 Å². The number of hydrogen-bond acceptors (Lipinski definition) is 1. The lowest BCUT2D eigenvalue weighted by Crippen LogP contribution is -2.00. The van der Waals surface area contributed by atoms with Gasteiger partial charge in [0.05, 0.1) is 6.10 Å². The van der Waals surface area contributed by atoms with Gasteiger partial charge in [0.1, 0.15) is 0 Å². The van der Waals surface area contributed by atoms with Gasteiger partial charge in [0.2, 0.25) is 0 Å². The molecule has 0 fully saturated rings. The zero-order valence-electron chi connectivity index (χ0n) is 6.90. The van der Waals surface area contributed by atoms with Crippen LogP contribution in [0, 0.1) is 0 Å². The van der Waals surface area contributed by atoms with Gasteiger partial charge in [0.15, 0.2) is 0 Å². The first-order valence-corrected chi connectivity index (χ1v) is 4.08. The van der Waals surface area contributed by atoms with Crippen molar-refractivity contribution in [1.82, 2.24) is 0 Å². The summed E-state index contributed by atoms with van der Waals surface area (Å²) in [4.78, 5) is 3.63. The highest BCUT2D eigenvalue weighted by Gasteiger charge is 1.99. The Hall–Kier alpha value is -0.110. The molecular formula is C8H17FO. The maximum Gasteiger partial charge on any atom is 0.0955 e. The van der Waals surface area contributed by atoms with E-state index < -0.39 is 0 Å². The fourth-order valence-corrected chi connectivity index (χ4v) is 0.903. The van der Waals surface area contributed by atoms with Gasteiger partial charge in [0.25, 0.3) is 0 Å². The summed E-state index contributed by atoms with van der Waals surface area (Å²) in [5.74, 6) is 0. The zero-order valence-corrected chi connectivity index (χ0v) is 6.90. The summed E-state index contributed by atoms with van der Waals surface area (Å²) in [7, 11) is 0. The van der Waals surface area contributed by atoms with Crippen LogP contribution in [-0.4, -0.2) is 6.10 Å². The number of rotatable bonds is 6. The summed E-state index contributed by atoms with van der Waals surface area (Å²) in [5, 5.41) is 0. The van der Waals surface area contributed by atoms with E-state index in [1.807, 2.05) is 0 Å². The van der Waals surface area contributed by atoms with Gasteiger partial charge in [0, 0.05) is 0 Å². The Labute approximate surface area is 62.5 Å². The van der Waals surface area contributed by atoms with Crippen molar-refractivity contribution in [3.63, 3.8) is 0 Å². The second kappa shape index (κ2) is 7.00. The third kappa shape index (κ3) is 6.02. The minimum absolute atomic E-state index is 0.211. The molecule has 0 rings (SSSR count). The normalized spacial score (nSPS) is 13.5. The number of hydrogen-bond donors (Lipinski definition) is 0. The molecule has 0 aromatic rings. The predicted octanol–water partition coefficient (Wildman–Crippen LogP) is 3.25. The van der Waals surface area contributed by atoms with Crippen molar-refractivity contribution in [3.8, 4) is 0 Å². The monoisotopic (exact) mass is 148 g/mol. The van der Waals surface area contributed by atoms with Crippen molar-refractivity contribution in [2.45, 2.75) is 52.1 Å². The van der Waals surface area contributed by atoms with E-state index >= 15 is 0 Å². The lowest BCUT2D eigenvalue weighted by atomic mass is 10.1. The lowest BCUT2D eigenvalue weighted by molar-refractivity contribution is -0.174. The SMILES string of the molecule is CCCCCCC(C)OF. The first-order valence-electron chi connectivity index (χ1n) is 4.08. The average Bonchev–Trinajstić information content (AvgIpc) is 1.98. The molecule has 0 aliphatic rings. The van der Waals surface area contributed by atoms with Crippen LogP contribution in [0.25, 0.3) is 0 Å². The molecule has 0 heterocycles. The molecule has 10 heavy (non-hydrogen) atoms. The molecule has 0 saturated heterocycles. The highest BCUT2D eigenvalue weighted by Crippen LogP contribution is 2.07. The third-order valence-electron chi connectivity index (χ3n) is 1.62. The van der Waals surface area contributed by atoms with Crippen molar-refractivity contribution in [3.05, 3.63) is 0 Å². The van der Waals surface area contributed by atoms with E-state index in [-0.39, 0.29) is 6.10 Å². The van der Waals surface area contributed by atoms with E-state index in [4.69, 9.17) is 0 Å². The van der Waals surface area contributed by atoms with Crippen molar-refractivity contribution < 1.29 is 9.47 Å². The summed E-state index contributed by atoms with van der Waals surface area (Å²) in [6.07, 6.45) is 5.39. The van der Waals surface area contributed by atoms with E-state index in [1.54, 1.807) is 6.92 Å². The second-order valence-corrected chi connectivity index (χ2v) is 2.75. The minimum atomic E-state index is -0.211. The van der Waals surface area contributed by atoms with E-state index in [0.717, 1.165) is 12.8 Å². The Bertz CT molecular complexity index is 66.3. The highest BCUT2D eigenvalue weighted by atomic mass is 19.3. The molecule has 0 aliphatic heterocycles. The van der Waals surface area contributed by atoms with Gasteiger partial charge in [-0.1, -0.05) is 32.6 Å². The van der Waals surface area contributed by atoms with Gasteiger partial charge in [-0.2, -0.15) is 4.94 Å². The smallest absolute Gasteiger partial charge is 0.0955 e. The van der Waals surface area contributed by atoms with Crippen LogP contribution in [0.2, 0.25) is 0 Å². The Morgan fingerprint density at radius 1 is 1.30 bits per heavy atom. The summed E-state index contributed by atoms with van der Waals surface area (Å²) < 4.78 is 11.4. The zero-order chi connectivity index (χ0) is 7.82. The average molecular weight is 148 g/mol. The standard InChI is InChI=1S/C8H17FO/c1-3-4-5-6-7-8(2)10-9/h8H,3-7H2,1-2H3. The summed E-state index contributed by atoms with van der Waals surface area (Å²) in [6, 6.07) is 0. The van der Waals surface area contributed by atoms with Crippen LogP contribution in [0.4, 0.5) is 4.53 Å². The quantitative estimate of drug-likeness (QED) is 0.525. The van der Waals surface area contributed by atoms with Crippen molar-refractivity contribution >= 4 is 0 Å². The Balaban J connectivity index is 2.89. The van der Waals surface area contributed by atoms with Crippen LogP contribution in [0.3, 0.4) is 0 Å². The second-order valence-electron chi connectivity index (χ2n) is 2.75. The molecule has 0 saturated carbocycles. The summed E-state index contributed by atoms with van der Waals surface area (Å²) in [6.45, 7) is 3.92. The number of unbranched alkanes of at least 4 members (excludes halogenated alkanes) is 3. The van der Waals surface area contributed by atoms with Gasteiger partial charge in [-0.3, -0.25) is 0 Å². The molecule has 0 amide bonds. The van der Waals surface area contributed by atoms with Crippen molar-refractivity contribution in [1.29, 1.82) is 0 Å².